The molecule has 1 fully saturated rings. The van der Waals surface area contributed by atoms with Crippen LogP contribution in [0.5, 0.6) is 5.75 Å². The fourth-order valence-electron chi connectivity index (χ4n) is 3.10. The van der Waals surface area contributed by atoms with Gasteiger partial charge in [0, 0.05) is 6.54 Å². The summed E-state index contributed by atoms with van der Waals surface area (Å²) in [6.07, 6.45) is 2.16. The molecule has 3 N–H and O–H groups in total. The van der Waals surface area contributed by atoms with Gasteiger partial charge in [0.05, 0.1) is 25.6 Å². The molecule has 1 aromatic heterocycles. The maximum atomic E-state index is 12.7. The fraction of sp³-hybridized carbons (Fsp3) is 0.471. The standard InChI is InChI=1S/C17H23N5O2/c1-11(18)17-19-15(20-21-17)10-16(23)22-8-4-7-14(22)12-5-3-6-13(9-12)24-2/h3,5-6,9,11,14H,4,7-8,10,18H2,1-2H3,(H,19,20,21). The van der Waals surface area contributed by atoms with Gasteiger partial charge in [-0.3, -0.25) is 9.89 Å². The number of aromatic nitrogens is 3. The van der Waals surface area contributed by atoms with E-state index in [2.05, 4.69) is 15.2 Å². The second kappa shape index (κ2) is 7.00. The average molecular weight is 329 g/mol. The first-order valence-electron chi connectivity index (χ1n) is 8.18. The third kappa shape index (κ3) is 3.41. The summed E-state index contributed by atoms with van der Waals surface area (Å²) in [6, 6.07) is 7.75. The van der Waals surface area contributed by atoms with Crippen LogP contribution in [0.3, 0.4) is 0 Å². The highest BCUT2D eigenvalue weighted by atomic mass is 16.5. The van der Waals surface area contributed by atoms with Crippen LogP contribution in [0.2, 0.25) is 0 Å². The number of carbonyl (C=O) groups is 1. The van der Waals surface area contributed by atoms with Crippen molar-refractivity contribution in [1.29, 1.82) is 0 Å². The second-order valence-corrected chi connectivity index (χ2v) is 6.13. The Balaban J connectivity index is 1.73. The summed E-state index contributed by atoms with van der Waals surface area (Å²) in [4.78, 5) is 18.9. The molecule has 1 saturated heterocycles. The molecule has 0 bridgehead atoms. The molecule has 0 aliphatic carbocycles. The van der Waals surface area contributed by atoms with Crippen molar-refractivity contribution in [3.05, 3.63) is 41.5 Å². The van der Waals surface area contributed by atoms with E-state index in [1.54, 1.807) is 7.11 Å². The van der Waals surface area contributed by atoms with Crippen LogP contribution in [0.25, 0.3) is 0 Å². The Hall–Kier alpha value is -2.41. The van der Waals surface area contributed by atoms with Crippen LogP contribution in [0, 0.1) is 0 Å². The minimum atomic E-state index is -0.249. The molecular weight excluding hydrogens is 306 g/mol. The van der Waals surface area contributed by atoms with E-state index in [1.807, 2.05) is 36.1 Å². The first-order valence-corrected chi connectivity index (χ1v) is 8.18. The fourth-order valence-corrected chi connectivity index (χ4v) is 3.10. The SMILES string of the molecule is COc1cccc(C2CCCN2C(=O)Cc2nc(C(C)N)n[nH]2)c1. The lowest BCUT2D eigenvalue weighted by Gasteiger charge is -2.25. The molecule has 2 aromatic rings. The normalized spacial score (nSPS) is 18.6. The molecule has 1 aliphatic heterocycles. The Morgan fingerprint density at radius 2 is 2.38 bits per heavy atom. The quantitative estimate of drug-likeness (QED) is 0.871. The molecule has 0 spiro atoms. The summed E-state index contributed by atoms with van der Waals surface area (Å²) >= 11 is 0. The number of hydrogen-bond acceptors (Lipinski definition) is 5. The lowest BCUT2D eigenvalue weighted by molar-refractivity contribution is -0.131. The lowest BCUT2D eigenvalue weighted by atomic mass is 10.0. The molecule has 0 saturated carbocycles. The molecular formula is C17H23N5O2. The molecule has 2 atom stereocenters. The van der Waals surface area contributed by atoms with E-state index >= 15 is 0 Å². The van der Waals surface area contributed by atoms with Crippen LogP contribution in [0.15, 0.2) is 24.3 Å². The number of amides is 1. The number of benzene rings is 1. The van der Waals surface area contributed by atoms with E-state index in [0.29, 0.717) is 11.6 Å². The van der Waals surface area contributed by atoms with Crippen LogP contribution in [0.1, 0.15) is 49.1 Å². The molecule has 7 nitrogen and oxygen atoms in total. The van der Waals surface area contributed by atoms with Crippen LogP contribution >= 0.6 is 0 Å². The van der Waals surface area contributed by atoms with Gasteiger partial charge in [-0.2, -0.15) is 5.10 Å². The number of nitrogens with two attached hydrogens (primary N) is 1. The first-order chi connectivity index (χ1) is 11.6. The van der Waals surface area contributed by atoms with Gasteiger partial charge in [0.2, 0.25) is 5.91 Å². The van der Waals surface area contributed by atoms with Crippen molar-refractivity contribution in [1.82, 2.24) is 20.1 Å². The Kier molecular flexibility index (Phi) is 4.80. The maximum Gasteiger partial charge on any atom is 0.230 e. The minimum Gasteiger partial charge on any atom is -0.497 e. The number of aromatic amines is 1. The number of likely N-dealkylation sites (tertiary alicyclic amines) is 1. The number of rotatable bonds is 5. The van der Waals surface area contributed by atoms with E-state index < -0.39 is 0 Å². The number of ether oxygens (including phenoxy) is 1. The van der Waals surface area contributed by atoms with Crippen LogP contribution < -0.4 is 10.5 Å². The van der Waals surface area contributed by atoms with Crippen molar-refractivity contribution in [2.24, 2.45) is 5.73 Å². The van der Waals surface area contributed by atoms with Crippen LogP contribution in [-0.4, -0.2) is 39.6 Å². The largest absolute Gasteiger partial charge is 0.497 e. The number of carbonyl (C=O) groups excluding carboxylic acids is 1. The summed E-state index contributed by atoms with van der Waals surface area (Å²) in [5, 5.41) is 6.85. The number of hydrogen-bond donors (Lipinski definition) is 2. The van der Waals surface area contributed by atoms with Crippen LogP contribution in [0.4, 0.5) is 0 Å². The molecule has 0 radical (unpaired) electrons. The highest BCUT2D eigenvalue weighted by Gasteiger charge is 2.30. The van der Waals surface area contributed by atoms with Gasteiger partial charge in [-0.25, -0.2) is 4.98 Å². The Labute approximate surface area is 141 Å². The lowest BCUT2D eigenvalue weighted by Crippen LogP contribution is -2.32. The third-order valence-electron chi connectivity index (χ3n) is 4.33. The summed E-state index contributed by atoms with van der Waals surface area (Å²) in [5.74, 6) is 1.95. The average Bonchev–Trinajstić information content (AvgIpc) is 3.24. The molecule has 128 valence electrons. The second-order valence-electron chi connectivity index (χ2n) is 6.13. The van der Waals surface area contributed by atoms with E-state index in [-0.39, 0.29) is 24.4 Å². The third-order valence-corrected chi connectivity index (χ3v) is 4.33. The number of nitrogens with one attached hydrogen (secondary N) is 1. The molecule has 1 amide bonds. The van der Waals surface area contributed by atoms with Crippen molar-refractivity contribution in [3.8, 4) is 5.75 Å². The van der Waals surface area contributed by atoms with Crippen molar-refractivity contribution in [2.45, 2.75) is 38.3 Å². The summed E-state index contributed by atoms with van der Waals surface area (Å²) in [5.41, 5.74) is 6.86. The van der Waals surface area contributed by atoms with Gasteiger partial charge < -0.3 is 15.4 Å². The van der Waals surface area contributed by atoms with Crippen molar-refractivity contribution in [3.63, 3.8) is 0 Å². The van der Waals surface area contributed by atoms with Crippen molar-refractivity contribution >= 4 is 5.91 Å². The highest BCUT2D eigenvalue weighted by Crippen LogP contribution is 2.33. The predicted molar refractivity (Wildman–Crippen MR) is 89.4 cm³/mol. The molecule has 2 heterocycles. The van der Waals surface area contributed by atoms with Gasteiger partial charge in [-0.15, -0.1) is 0 Å². The van der Waals surface area contributed by atoms with Gasteiger partial charge in [-0.05, 0) is 37.5 Å². The van der Waals surface area contributed by atoms with Gasteiger partial charge in [-0.1, -0.05) is 12.1 Å². The van der Waals surface area contributed by atoms with E-state index in [9.17, 15) is 4.79 Å². The van der Waals surface area contributed by atoms with Gasteiger partial charge in [0.15, 0.2) is 5.82 Å². The monoisotopic (exact) mass is 329 g/mol. The zero-order chi connectivity index (χ0) is 17.1. The van der Waals surface area contributed by atoms with E-state index in [1.165, 1.54) is 0 Å². The predicted octanol–water partition coefficient (Wildman–Crippen LogP) is 1.74. The van der Waals surface area contributed by atoms with Crippen molar-refractivity contribution < 1.29 is 9.53 Å². The van der Waals surface area contributed by atoms with E-state index in [0.717, 1.165) is 30.7 Å². The smallest absolute Gasteiger partial charge is 0.230 e. The number of H-pyrrole nitrogens is 1. The number of methoxy groups -OCH3 is 1. The van der Waals surface area contributed by atoms with E-state index in [4.69, 9.17) is 10.5 Å². The summed E-state index contributed by atoms with van der Waals surface area (Å²) in [6.45, 7) is 2.57. The minimum absolute atomic E-state index is 0.0488. The molecule has 1 aromatic carbocycles. The van der Waals surface area contributed by atoms with Gasteiger partial charge >= 0.3 is 0 Å². The molecule has 7 heteroatoms. The van der Waals surface area contributed by atoms with Crippen LogP contribution in [-0.2, 0) is 11.2 Å². The molecule has 24 heavy (non-hydrogen) atoms. The zero-order valence-corrected chi connectivity index (χ0v) is 14.0. The Morgan fingerprint density at radius 1 is 1.54 bits per heavy atom. The molecule has 1 aliphatic rings. The Morgan fingerprint density at radius 3 is 3.08 bits per heavy atom. The van der Waals surface area contributed by atoms with Gasteiger partial charge in [0.25, 0.3) is 0 Å². The Bertz CT molecular complexity index is 713. The number of nitrogens with zero attached hydrogens (tertiary/aromatic N) is 3. The molecule has 3 rings (SSSR count). The first kappa shape index (κ1) is 16.4. The maximum absolute atomic E-state index is 12.7. The van der Waals surface area contributed by atoms with Gasteiger partial charge in [0.1, 0.15) is 11.6 Å². The molecule has 2 unspecified atom stereocenters. The van der Waals surface area contributed by atoms with Crippen molar-refractivity contribution in [2.75, 3.05) is 13.7 Å². The zero-order valence-electron chi connectivity index (χ0n) is 14.0. The highest BCUT2D eigenvalue weighted by molar-refractivity contribution is 5.78. The topological polar surface area (TPSA) is 97.1 Å². The summed E-state index contributed by atoms with van der Waals surface area (Å²) < 4.78 is 5.29. The summed E-state index contributed by atoms with van der Waals surface area (Å²) in [7, 11) is 1.65.